The highest BCUT2D eigenvalue weighted by Crippen LogP contribution is 2.13. The van der Waals surface area contributed by atoms with Gasteiger partial charge in [0.05, 0.1) is 0 Å². The van der Waals surface area contributed by atoms with E-state index in [-0.39, 0.29) is 0 Å². The largest absolute Gasteiger partial charge is 0.330 e. The standard InChI is InChI=1S/C18H31N3/c1-16-6-7-18(14-17(16)2)15-21-12-10-20(11-13-21)9-5-3-4-8-19/h6-7,14H,3-5,8-13,15,19H2,1-2H3. The maximum absolute atomic E-state index is 5.54. The molecule has 0 spiro atoms. The van der Waals surface area contributed by atoms with Crippen LogP contribution in [0.1, 0.15) is 36.0 Å². The Morgan fingerprint density at radius 1 is 0.905 bits per heavy atom. The highest BCUT2D eigenvalue weighted by Gasteiger charge is 2.16. The number of nitrogens with two attached hydrogens (primary N) is 1. The second-order valence-corrected chi connectivity index (χ2v) is 6.39. The first kappa shape index (κ1) is 16.5. The minimum atomic E-state index is 0.837. The SMILES string of the molecule is Cc1ccc(CN2CCN(CCCCCN)CC2)cc1C. The van der Waals surface area contributed by atoms with Gasteiger partial charge in [0.15, 0.2) is 0 Å². The number of nitrogens with zero attached hydrogens (tertiary/aromatic N) is 2. The number of piperazine rings is 1. The maximum atomic E-state index is 5.54. The first-order chi connectivity index (χ1) is 10.2. The summed E-state index contributed by atoms with van der Waals surface area (Å²) in [6.07, 6.45) is 3.75. The molecule has 0 amide bonds. The fraction of sp³-hybridized carbons (Fsp3) is 0.667. The van der Waals surface area contributed by atoms with Crippen molar-refractivity contribution < 1.29 is 0 Å². The molecule has 2 rings (SSSR count). The van der Waals surface area contributed by atoms with Crippen LogP contribution in [0.5, 0.6) is 0 Å². The van der Waals surface area contributed by atoms with E-state index in [0.29, 0.717) is 0 Å². The molecule has 2 N–H and O–H groups in total. The summed E-state index contributed by atoms with van der Waals surface area (Å²) in [6.45, 7) is 12.4. The van der Waals surface area contributed by atoms with Gasteiger partial charge in [-0.2, -0.15) is 0 Å². The van der Waals surface area contributed by atoms with Gasteiger partial charge in [-0.1, -0.05) is 24.6 Å². The smallest absolute Gasteiger partial charge is 0.0234 e. The summed E-state index contributed by atoms with van der Waals surface area (Å²) in [5, 5.41) is 0. The van der Waals surface area contributed by atoms with Crippen LogP contribution < -0.4 is 5.73 Å². The molecule has 0 atom stereocenters. The molecule has 1 aromatic carbocycles. The second-order valence-electron chi connectivity index (χ2n) is 6.39. The summed E-state index contributed by atoms with van der Waals surface area (Å²) in [4.78, 5) is 5.19. The van der Waals surface area contributed by atoms with Crippen molar-refractivity contribution in [2.45, 2.75) is 39.7 Å². The van der Waals surface area contributed by atoms with Crippen molar-refractivity contribution in [3.05, 3.63) is 34.9 Å². The van der Waals surface area contributed by atoms with Crippen LogP contribution in [0, 0.1) is 13.8 Å². The summed E-state index contributed by atoms with van der Waals surface area (Å²) in [6, 6.07) is 6.87. The second kappa shape index (κ2) is 8.52. The lowest BCUT2D eigenvalue weighted by Gasteiger charge is -2.34. The Kier molecular flexibility index (Phi) is 6.68. The highest BCUT2D eigenvalue weighted by atomic mass is 15.3. The van der Waals surface area contributed by atoms with Crippen molar-refractivity contribution in [3.63, 3.8) is 0 Å². The highest BCUT2D eigenvalue weighted by molar-refractivity contribution is 5.29. The van der Waals surface area contributed by atoms with E-state index in [1.165, 1.54) is 68.7 Å². The molecule has 21 heavy (non-hydrogen) atoms. The predicted molar refractivity (Wildman–Crippen MR) is 90.5 cm³/mol. The molecular formula is C18H31N3. The first-order valence-corrected chi connectivity index (χ1v) is 8.40. The molecule has 118 valence electrons. The first-order valence-electron chi connectivity index (χ1n) is 8.40. The van der Waals surface area contributed by atoms with Gasteiger partial charge in [0.1, 0.15) is 0 Å². The van der Waals surface area contributed by atoms with Crippen LogP contribution in [-0.2, 0) is 6.54 Å². The minimum absolute atomic E-state index is 0.837. The summed E-state index contributed by atoms with van der Waals surface area (Å²) >= 11 is 0. The third-order valence-corrected chi connectivity index (χ3v) is 4.62. The molecule has 1 heterocycles. The van der Waals surface area contributed by atoms with Gasteiger partial charge < -0.3 is 10.6 Å². The van der Waals surface area contributed by atoms with Crippen molar-refractivity contribution in [3.8, 4) is 0 Å². The summed E-state index contributed by atoms with van der Waals surface area (Å²) in [5.41, 5.74) is 9.79. The maximum Gasteiger partial charge on any atom is 0.0234 e. The molecule has 0 saturated carbocycles. The van der Waals surface area contributed by atoms with Gasteiger partial charge >= 0.3 is 0 Å². The van der Waals surface area contributed by atoms with Crippen molar-refractivity contribution in [1.82, 2.24) is 9.80 Å². The van der Waals surface area contributed by atoms with E-state index < -0.39 is 0 Å². The number of rotatable bonds is 7. The Bertz CT molecular complexity index is 422. The molecule has 1 saturated heterocycles. The molecule has 3 nitrogen and oxygen atoms in total. The van der Waals surface area contributed by atoms with Crippen LogP contribution in [0.2, 0.25) is 0 Å². The summed E-state index contributed by atoms with van der Waals surface area (Å²) in [7, 11) is 0. The van der Waals surface area contributed by atoms with Crippen LogP contribution in [0.15, 0.2) is 18.2 Å². The van der Waals surface area contributed by atoms with Crippen molar-refractivity contribution in [1.29, 1.82) is 0 Å². The van der Waals surface area contributed by atoms with E-state index in [2.05, 4.69) is 41.8 Å². The Morgan fingerprint density at radius 2 is 1.62 bits per heavy atom. The van der Waals surface area contributed by atoms with E-state index in [0.717, 1.165) is 13.1 Å². The quantitative estimate of drug-likeness (QED) is 0.783. The molecule has 0 unspecified atom stereocenters. The van der Waals surface area contributed by atoms with Crippen molar-refractivity contribution in [2.24, 2.45) is 5.73 Å². The van der Waals surface area contributed by atoms with E-state index in [1.54, 1.807) is 0 Å². The molecule has 1 aliphatic rings. The zero-order valence-corrected chi connectivity index (χ0v) is 13.8. The number of unbranched alkanes of at least 4 members (excludes halogenated alkanes) is 2. The molecule has 0 bridgehead atoms. The van der Waals surface area contributed by atoms with E-state index >= 15 is 0 Å². The van der Waals surface area contributed by atoms with E-state index in [9.17, 15) is 0 Å². The van der Waals surface area contributed by atoms with Gasteiger partial charge in [0.2, 0.25) is 0 Å². The van der Waals surface area contributed by atoms with Gasteiger partial charge in [0.25, 0.3) is 0 Å². The average molecular weight is 289 g/mol. The van der Waals surface area contributed by atoms with Crippen molar-refractivity contribution in [2.75, 3.05) is 39.3 Å². The Labute approximate surface area is 130 Å². The lowest BCUT2D eigenvalue weighted by atomic mass is 10.1. The van der Waals surface area contributed by atoms with Crippen LogP contribution in [-0.4, -0.2) is 49.1 Å². The summed E-state index contributed by atoms with van der Waals surface area (Å²) < 4.78 is 0. The zero-order chi connectivity index (χ0) is 15.1. The fourth-order valence-corrected chi connectivity index (χ4v) is 2.99. The Balaban J connectivity index is 1.70. The molecule has 1 fully saturated rings. The van der Waals surface area contributed by atoms with Crippen LogP contribution in [0.3, 0.4) is 0 Å². The number of aryl methyl sites for hydroxylation is 2. The Morgan fingerprint density at radius 3 is 2.29 bits per heavy atom. The predicted octanol–water partition coefficient (Wildman–Crippen LogP) is 2.55. The Hall–Kier alpha value is -0.900. The number of hydrogen-bond donors (Lipinski definition) is 1. The number of benzene rings is 1. The molecule has 1 aromatic rings. The topological polar surface area (TPSA) is 32.5 Å². The van der Waals surface area contributed by atoms with E-state index in [4.69, 9.17) is 5.73 Å². The molecule has 1 aliphatic heterocycles. The zero-order valence-electron chi connectivity index (χ0n) is 13.8. The number of hydrogen-bond acceptors (Lipinski definition) is 3. The molecule has 3 heteroatoms. The fourth-order valence-electron chi connectivity index (χ4n) is 2.99. The van der Waals surface area contributed by atoms with Gasteiger partial charge in [-0.3, -0.25) is 4.90 Å². The van der Waals surface area contributed by atoms with Crippen molar-refractivity contribution >= 4 is 0 Å². The monoisotopic (exact) mass is 289 g/mol. The molecule has 0 aromatic heterocycles. The lowest BCUT2D eigenvalue weighted by Crippen LogP contribution is -2.46. The normalized spacial score (nSPS) is 17.3. The van der Waals surface area contributed by atoms with Gasteiger partial charge in [-0.15, -0.1) is 0 Å². The minimum Gasteiger partial charge on any atom is -0.330 e. The van der Waals surface area contributed by atoms with E-state index in [1.807, 2.05) is 0 Å². The average Bonchev–Trinajstić information content (AvgIpc) is 2.49. The third kappa shape index (κ3) is 5.42. The van der Waals surface area contributed by atoms with Gasteiger partial charge in [-0.25, -0.2) is 0 Å². The molecule has 0 aliphatic carbocycles. The lowest BCUT2D eigenvalue weighted by molar-refractivity contribution is 0.125. The molecule has 0 radical (unpaired) electrons. The van der Waals surface area contributed by atoms with Gasteiger partial charge in [0, 0.05) is 32.7 Å². The van der Waals surface area contributed by atoms with Crippen LogP contribution >= 0.6 is 0 Å². The van der Waals surface area contributed by atoms with Gasteiger partial charge in [-0.05, 0) is 56.5 Å². The van der Waals surface area contributed by atoms with Crippen LogP contribution in [0.4, 0.5) is 0 Å². The van der Waals surface area contributed by atoms with Crippen LogP contribution in [0.25, 0.3) is 0 Å². The molecular weight excluding hydrogens is 258 g/mol. The summed E-state index contributed by atoms with van der Waals surface area (Å²) in [5.74, 6) is 0. The third-order valence-electron chi connectivity index (χ3n) is 4.62.